The van der Waals surface area contributed by atoms with Crippen LogP contribution in [-0.2, 0) is 31.9 Å². The molecule has 2 atom stereocenters. The maximum absolute atomic E-state index is 13.8. The van der Waals surface area contributed by atoms with Crippen LogP contribution in [0.4, 0.5) is 0 Å². The smallest absolute Gasteiger partial charge is 0.328 e. The minimum atomic E-state index is -0.987. The van der Waals surface area contributed by atoms with E-state index in [-0.39, 0.29) is 29.9 Å². The minimum Gasteiger partial charge on any atom is -0.467 e. The van der Waals surface area contributed by atoms with Crippen molar-refractivity contribution in [2.24, 2.45) is 0 Å². The molecule has 4 N–H and O–H groups in total. The fourth-order valence-electron chi connectivity index (χ4n) is 5.96. The predicted octanol–water partition coefficient (Wildman–Crippen LogP) is 4.89. The number of H-pyrrole nitrogens is 2. The second-order valence-corrected chi connectivity index (χ2v) is 11.4. The lowest BCUT2D eigenvalue weighted by Crippen LogP contribution is -2.44. The van der Waals surface area contributed by atoms with Gasteiger partial charge in [0.15, 0.2) is 0 Å². The Bertz CT molecular complexity index is 1900. The van der Waals surface area contributed by atoms with Crippen LogP contribution < -0.4 is 10.6 Å². The van der Waals surface area contributed by atoms with Crippen LogP contribution in [0.1, 0.15) is 43.3 Å². The molecule has 0 saturated carbocycles. The van der Waals surface area contributed by atoms with Crippen LogP contribution in [0.2, 0.25) is 0 Å². The van der Waals surface area contributed by atoms with Crippen LogP contribution in [0.3, 0.4) is 0 Å². The molecule has 0 fully saturated rings. The van der Waals surface area contributed by atoms with Gasteiger partial charge in [-0.3, -0.25) is 9.59 Å². The molecule has 3 aromatic carbocycles. The molecule has 1 aliphatic carbocycles. The van der Waals surface area contributed by atoms with Crippen molar-refractivity contribution in [1.82, 2.24) is 20.6 Å². The molecular weight excluding hydrogens is 596 g/mol. The maximum Gasteiger partial charge on any atom is 0.328 e. The topological polar surface area (TPSA) is 142 Å². The van der Waals surface area contributed by atoms with Crippen LogP contribution in [-0.4, -0.2) is 60.0 Å². The number of esters is 2. The molecule has 2 heterocycles. The Morgan fingerprint density at radius 1 is 0.681 bits per heavy atom. The van der Waals surface area contributed by atoms with Crippen molar-refractivity contribution >= 4 is 45.6 Å². The number of hydrogen-bond donors (Lipinski definition) is 4. The number of ether oxygens (including phenoxy) is 2. The van der Waals surface area contributed by atoms with E-state index >= 15 is 0 Å². The van der Waals surface area contributed by atoms with Crippen LogP contribution in [0.15, 0.2) is 103 Å². The van der Waals surface area contributed by atoms with Gasteiger partial charge in [0.2, 0.25) is 0 Å². The molecule has 2 aromatic heterocycles. The Kier molecular flexibility index (Phi) is 9.01. The van der Waals surface area contributed by atoms with Crippen molar-refractivity contribution in [3.63, 3.8) is 0 Å². The number of hydrogen-bond acceptors (Lipinski definition) is 6. The number of methoxy groups -OCH3 is 2. The third kappa shape index (κ3) is 6.72. The predicted molar refractivity (Wildman–Crippen MR) is 178 cm³/mol. The van der Waals surface area contributed by atoms with E-state index in [0.29, 0.717) is 5.56 Å². The molecule has 1 aliphatic rings. The highest BCUT2D eigenvalue weighted by Crippen LogP contribution is 2.26. The Balaban J connectivity index is 1.27. The van der Waals surface area contributed by atoms with Crippen LogP contribution in [0, 0.1) is 0 Å². The standard InChI is InChI=1S/C37H34N4O6/c1-46-36(44)32(18-26-20-38-30-13-7-5-11-28(26)30)40-34(42)24-15-23(22-9-3-4-10-22)16-25(17-24)35(43)41-33(37(45)47-2)19-27-21-39-31-14-8-6-12-29(27)31/h3-17,20-22,32-33,38-39H,18-19H2,1-2H3,(H,40,42)(H,41,43)/t32-,33-/m0/s1. The molecule has 2 amide bonds. The van der Waals surface area contributed by atoms with E-state index in [4.69, 9.17) is 9.47 Å². The quantitative estimate of drug-likeness (QED) is 0.153. The molecule has 10 heteroatoms. The van der Waals surface area contributed by atoms with Gasteiger partial charge in [-0.2, -0.15) is 0 Å². The number of fused-ring (bicyclic) bond motifs is 2. The van der Waals surface area contributed by atoms with Crippen LogP contribution in [0.25, 0.3) is 21.8 Å². The molecule has 47 heavy (non-hydrogen) atoms. The second kappa shape index (κ2) is 13.6. The summed E-state index contributed by atoms with van der Waals surface area (Å²) in [5.41, 5.74) is 4.57. The van der Waals surface area contributed by atoms with E-state index in [1.54, 1.807) is 12.1 Å². The van der Waals surface area contributed by atoms with Gasteiger partial charge in [0.1, 0.15) is 12.1 Å². The fraction of sp³-hybridized carbons (Fsp3) is 0.189. The molecule has 0 radical (unpaired) electrons. The van der Waals surface area contributed by atoms with Crippen molar-refractivity contribution < 1.29 is 28.7 Å². The summed E-state index contributed by atoms with van der Waals surface area (Å²) in [7, 11) is 2.54. The molecule has 0 unspecified atom stereocenters. The van der Waals surface area contributed by atoms with Crippen molar-refractivity contribution in [1.29, 1.82) is 0 Å². The largest absolute Gasteiger partial charge is 0.467 e. The van der Waals surface area contributed by atoms with Gasteiger partial charge in [-0.25, -0.2) is 9.59 Å². The zero-order valence-electron chi connectivity index (χ0n) is 25.9. The van der Waals surface area contributed by atoms with Gasteiger partial charge in [0.05, 0.1) is 14.2 Å². The van der Waals surface area contributed by atoms with E-state index in [1.807, 2.05) is 85.2 Å². The van der Waals surface area contributed by atoms with E-state index in [0.717, 1.165) is 32.9 Å². The summed E-state index contributed by atoms with van der Waals surface area (Å²) in [6.45, 7) is 0. The molecule has 0 saturated heterocycles. The molecule has 0 bridgehead atoms. The van der Waals surface area contributed by atoms with E-state index in [9.17, 15) is 19.2 Å². The Hall–Kier alpha value is -5.90. The summed E-state index contributed by atoms with van der Waals surface area (Å²) in [5, 5.41) is 7.50. The second-order valence-electron chi connectivity index (χ2n) is 11.4. The highest BCUT2D eigenvalue weighted by molar-refractivity contribution is 6.02. The number of benzene rings is 3. The first kappa shape index (κ1) is 31.1. The van der Waals surface area contributed by atoms with E-state index in [1.165, 1.54) is 20.3 Å². The lowest BCUT2D eigenvalue weighted by atomic mass is 9.95. The number of aromatic nitrogens is 2. The number of nitrogens with one attached hydrogen (secondary N) is 4. The van der Waals surface area contributed by atoms with Gasteiger partial charge in [0, 0.05) is 64.1 Å². The minimum absolute atomic E-state index is 0.167. The Morgan fingerprint density at radius 2 is 1.13 bits per heavy atom. The van der Waals surface area contributed by atoms with Crippen molar-refractivity contribution in [3.8, 4) is 0 Å². The monoisotopic (exact) mass is 630 g/mol. The van der Waals surface area contributed by atoms with Gasteiger partial charge in [0.25, 0.3) is 11.8 Å². The van der Waals surface area contributed by atoms with Crippen LogP contribution in [0.5, 0.6) is 0 Å². The zero-order valence-corrected chi connectivity index (χ0v) is 25.9. The molecule has 6 rings (SSSR count). The number of aromatic amines is 2. The van der Waals surface area contributed by atoms with Crippen molar-refractivity contribution in [2.45, 2.75) is 30.8 Å². The lowest BCUT2D eigenvalue weighted by Gasteiger charge is -2.19. The summed E-state index contributed by atoms with van der Waals surface area (Å²) in [6.07, 6.45) is 11.7. The number of carbonyl (C=O) groups excluding carboxylic acids is 4. The van der Waals surface area contributed by atoms with Gasteiger partial charge in [-0.1, -0.05) is 60.7 Å². The maximum atomic E-state index is 13.8. The van der Waals surface area contributed by atoms with Gasteiger partial charge >= 0.3 is 11.9 Å². The number of carbonyl (C=O) groups is 4. The third-order valence-corrected chi connectivity index (χ3v) is 8.39. The van der Waals surface area contributed by atoms with Crippen molar-refractivity contribution in [3.05, 3.63) is 131 Å². The highest BCUT2D eigenvalue weighted by Gasteiger charge is 2.27. The summed E-state index contributed by atoms with van der Waals surface area (Å²) in [5.74, 6) is -2.47. The average Bonchev–Trinajstić information content (AvgIpc) is 3.88. The molecule has 5 aromatic rings. The van der Waals surface area contributed by atoms with E-state index in [2.05, 4.69) is 20.6 Å². The molecular formula is C37H34N4O6. The first-order chi connectivity index (χ1) is 22.8. The molecule has 238 valence electrons. The zero-order chi connectivity index (χ0) is 32.9. The Labute approximate surface area is 270 Å². The highest BCUT2D eigenvalue weighted by atomic mass is 16.5. The summed E-state index contributed by atoms with van der Waals surface area (Å²) >= 11 is 0. The van der Waals surface area contributed by atoms with E-state index < -0.39 is 35.8 Å². The average molecular weight is 631 g/mol. The summed E-state index contributed by atoms with van der Waals surface area (Å²) < 4.78 is 10.1. The van der Waals surface area contributed by atoms with Gasteiger partial charge < -0.3 is 30.1 Å². The number of amides is 2. The normalized spacial score (nSPS) is 13.8. The molecule has 0 aliphatic heterocycles. The SMILES string of the molecule is COC(=O)[C@H](Cc1c[nH]c2ccccc12)NC(=O)c1cc(C(=O)N[C@@H](Cc2c[nH]c3ccccc23)C(=O)OC)cc(C2C=CC=C2)c1. The fourth-order valence-corrected chi connectivity index (χ4v) is 5.96. The Morgan fingerprint density at radius 3 is 1.57 bits per heavy atom. The molecule has 10 nitrogen and oxygen atoms in total. The number of rotatable bonds is 11. The summed E-state index contributed by atoms with van der Waals surface area (Å²) in [6, 6.07) is 18.2. The van der Waals surface area contributed by atoms with Gasteiger partial charge in [-0.15, -0.1) is 0 Å². The number of para-hydroxylation sites is 2. The lowest BCUT2D eigenvalue weighted by molar-refractivity contribution is -0.143. The summed E-state index contributed by atoms with van der Waals surface area (Å²) in [4.78, 5) is 59.6. The molecule has 0 spiro atoms. The third-order valence-electron chi connectivity index (χ3n) is 8.39. The first-order valence-electron chi connectivity index (χ1n) is 15.2. The van der Waals surface area contributed by atoms with Crippen LogP contribution >= 0.6 is 0 Å². The van der Waals surface area contributed by atoms with Gasteiger partial charge in [-0.05, 0) is 47.0 Å². The van der Waals surface area contributed by atoms with Crippen molar-refractivity contribution in [2.75, 3.05) is 14.2 Å². The first-order valence-corrected chi connectivity index (χ1v) is 15.2. The number of allylic oxidation sites excluding steroid dienone is 4.